The minimum Gasteiger partial charge on any atom is -0.491 e. The molecule has 0 saturated carbocycles. The lowest BCUT2D eigenvalue weighted by atomic mass is 9.99. The second kappa shape index (κ2) is 5.14. The van der Waals surface area contributed by atoms with Gasteiger partial charge in [-0.05, 0) is 58.0 Å². The Hall–Kier alpha value is -1.06. The third-order valence-corrected chi connectivity index (χ3v) is 4.77. The van der Waals surface area contributed by atoms with Crippen LogP contribution in [-0.4, -0.2) is 37.2 Å². The zero-order chi connectivity index (χ0) is 13.3. The van der Waals surface area contributed by atoms with E-state index in [-0.39, 0.29) is 5.54 Å². The fourth-order valence-corrected chi connectivity index (χ4v) is 3.19. The number of fused-ring (bicyclic) bond motifs is 1. The summed E-state index contributed by atoms with van der Waals surface area (Å²) >= 11 is 0. The number of benzene rings is 1. The van der Waals surface area contributed by atoms with E-state index in [0.717, 1.165) is 31.9 Å². The molecule has 1 saturated heterocycles. The number of likely N-dealkylation sites (N-methyl/N-ethyl adjacent to an activating group) is 1. The molecule has 0 spiro atoms. The molecule has 0 bridgehead atoms. The van der Waals surface area contributed by atoms with Crippen molar-refractivity contribution in [1.29, 1.82) is 0 Å². The molecule has 0 radical (unpaired) electrons. The lowest BCUT2D eigenvalue weighted by molar-refractivity contribution is 0.113. The molecular formula is C16H24N2O. The molecule has 1 aromatic rings. The summed E-state index contributed by atoms with van der Waals surface area (Å²) in [6, 6.07) is 6.47. The summed E-state index contributed by atoms with van der Waals surface area (Å²) in [5.41, 5.74) is 3.00. The van der Waals surface area contributed by atoms with Crippen LogP contribution in [0, 0.1) is 0 Å². The van der Waals surface area contributed by atoms with Crippen LogP contribution >= 0.6 is 0 Å². The van der Waals surface area contributed by atoms with Crippen molar-refractivity contribution in [2.24, 2.45) is 0 Å². The van der Waals surface area contributed by atoms with Gasteiger partial charge in [0, 0.05) is 12.1 Å². The fourth-order valence-electron chi connectivity index (χ4n) is 3.19. The standard InChI is InChI=1S/C16H24N2O/c1-16(8-4-10-18(16)2)12-19-15-6-3-5-13-7-9-17-11-14(13)15/h3,5-6,17H,4,7-12H2,1-2H3. The maximum Gasteiger partial charge on any atom is 0.124 e. The van der Waals surface area contributed by atoms with E-state index in [1.165, 1.54) is 30.5 Å². The maximum absolute atomic E-state index is 6.18. The highest BCUT2D eigenvalue weighted by atomic mass is 16.5. The van der Waals surface area contributed by atoms with E-state index in [1.54, 1.807) is 0 Å². The van der Waals surface area contributed by atoms with Gasteiger partial charge in [0.25, 0.3) is 0 Å². The van der Waals surface area contributed by atoms with E-state index in [4.69, 9.17) is 4.74 Å². The maximum atomic E-state index is 6.18. The van der Waals surface area contributed by atoms with Gasteiger partial charge in [0.1, 0.15) is 12.4 Å². The van der Waals surface area contributed by atoms with Crippen molar-refractivity contribution in [3.8, 4) is 5.75 Å². The van der Waals surface area contributed by atoms with Gasteiger partial charge in [0.15, 0.2) is 0 Å². The predicted molar refractivity (Wildman–Crippen MR) is 77.6 cm³/mol. The monoisotopic (exact) mass is 260 g/mol. The molecule has 1 unspecified atom stereocenters. The molecule has 3 nitrogen and oxygen atoms in total. The van der Waals surface area contributed by atoms with Crippen molar-refractivity contribution in [2.45, 2.75) is 38.3 Å². The first-order chi connectivity index (χ1) is 9.19. The Kier molecular flexibility index (Phi) is 3.50. The Labute approximate surface area is 115 Å². The highest BCUT2D eigenvalue weighted by molar-refractivity contribution is 5.41. The van der Waals surface area contributed by atoms with Crippen LogP contribution in [0.2, 0.25) is 0 Å². The van der Waals surface area contributed by atoms with Gasteiger partial charge in [-0.25, -0.2) is 0 Å². The average Bonchev–Trinajstić information content (AvgIpc) is 2.77. The van der Waals surface area contributed by atoms with Gasteiger partial charge in [0.2, 0.25) is 0 Å². The lowest BCUT2D eigenvalue weighted by Crippen LogP contribution is -2.43. The van der Waals surface area contributed by atoms with E-state index in [0.29, 0.717) is 0 Å². The molecule has 104 valence electrons. The summed E-state index contributed by atoms with van der Waals surface area (Å²) < 4.78 is 6.18. The van der Waals surface area contributed by atoms with Crippen LogP contribution in [0.25, 0.3) is 0 Å². The summed E-state index contributed by atoms with van der Waals surface area (Å²) in [5.74, 6) is 1.08. The molecule has 2 heterocycles. The van der Waals surface area contributed by atoms with E-state index in [2.05, 4.69) is 42.4 Å². The first-order valence-corrected chi connectivity index (χ1v) is 7.35. The van der Waals surface area contributed by atoms with Crippen LogP contribution in [0.3, 0.4) is 0 Å². The number of nitrogens with one attached hydrogen (secondary N) is 1. The number of nitrogens with zero attached hydrogens (tertiary/aromatic N) is 1. The summed E-state index contributed by atoms with van der Waals surface area (Å²) in [4.78, 5) is 2.43. The third kappa shape index (κ3) is 2.49. The molecule has 1 aromatic carbocycles. The zero-order valence-electron chi connectivity index (χ0n) is 12.0. The summed E-state index contributed by atoms with van der Waals surface area (Å²) in [7, 11) is 2.21. The van der Waals surface area contributed by atoms with E-state index >= 15 is 0 Å². The molecule has 3 heteroatoms. The third-order valence-electron chi connectivity index (χ3n) is 4.77. The van der Waals surface area contributed by atoms with Crippen molar-refractivity contribution >= 4 is 0 Å². The molecule has 1 N–H and O–H groups in total. The van der Waals surface area contributed by atoms with Crippen LogP contribution in [0.1, 0.15) is 30.9 Å². The minimum absolute atomic E-state index is 0.199. The zero-order valence-corrected chi connectivity index (χ0v) is 12.0. The fraction of sp³-hybridized carbons (Fsp3) is 0.625. The van der Waals surface area contributed by atoms with Gasteiger partial charge < -0.3 is 10.1 Å². The number of likely N-dealkylation sites (tertiary alicyclic amines) is 1. The first-order valence-electron chi connectivity index (χ1n) is 7.35. The Morgan fingerprint density at radius 3 is 3.11 bits per heavy atom. The number of hydrogen-bond donors (Lipinski definition) is 1. The largest absolute Gasteiger partial charge is 0.491 e. The highest BCUT2D eigenvalue weighted by Gasteiger charge is 2.34. The molecule has 1 atom stereocenters. The molecule has 2 aliphatic heterocycles. The van der Waals surface area contributed by atoms with Gasteiger partial charge in [-0.15, -0.1) is 0 Å². The topological polar surface area (TPSA) is 24.5 Å². The molecule has 19 heavy (non-hydrogen) atoms. The Morgan fingerprint density at radius 2 is 2.32 bits per heavy atom. The van der Waals surface area contributed by atoms with Crippen molar-refractivity contribution in [3.05, 3.63) is 29.3 Å². The molecule has 1 fully saturated rings. The Bertz CT molecular complexity index is 460. The molecular weight excluding hydrogens is 236 g/mol. The molecule has 2 aliphatic rings. The quantitative estimate of drug-likeness (QED) is 0.901. The van der Waals surface area contributed by atoms with Gasteiger partial charge >= 0.3 is 0 Å². The number of ether oxygens (including phenoxy) is 1. The second-order valence-corrected chi connectivity index (χ2v) is 6.13. The Morgan fingerprint density at radius 1 is 1.42 bits per heavy atom. The van der Waals surface area contributed by atoms with Crippen molar-refractivity contribution in [3.63, 3.8) is 0 Å². The average molecular weight is 260 g/mol. The van der Waals surface area contributed by atoms with Crippen molar-refractivity contribution in [2.75, 3.05) is 26.7 Å². The normalized spacial score (nSPS) is 27.3. The van der Waals surface area contributed by atoms with Crippen LogP contribution < -0.4 is 10.1 Å². The van der Waals surface area contributed by atoms with Gasteiger partial charge in [-0.1, -0.05) is 12.1 Å². The van der Waals surface area contributed by atoms with Crippen molar-refractivity contribution in [1.82, 2.24) is 10.2 Å². The van der Waals surface area contributed by atoms with Gasteiger partial charge in [0.05, 0.1) is 5.54 Å². The van der Waals surface area contributed by atoms with Crippen LogP contribution in [0.4, 0.5) is 0 Å². The van der Waals surface area contributed by atoms with Crippen molar-refractivity contribution < 1.29 is 4.74 Å². The van der Waals surface area contributed by atoms with Gasteiger partial charge in [-0.2, -0.15) is 0 Å². The summed E-state index contributed by atoms with van der Waals surface area (Å²) in [6.45, 7) is 6.32. The molecule has 0 aliphatic carbocycles. The second-order valence-electron chi connectivity index (χ2n) is 6.13. The van der Waals surface area contributed by atoms with E-state index < -0.39 is 0 Å². The molecule has 3 rings (SSSR count). The Balaban J connectivity index is 1.73. The first kappa shape index (κ1) is 12.9. The summed E-state index contributed by atoms with van der Waals surface area (Å²) in [6.07, 6.45) is 3.63. The van der Waals surface area contributed by atoms with Crippen LogP contribution in [0.5, 0.6) is 5.75 Å². The van der Waals surface area contributed by atoms with E-state index in [1.807, 2.05) is 0 Å². The minimum atomic E-state index is 0.199. The van der Waals surface area contributed by atoms with Gasteiger partial charge in [-0.3, -0.25) is 4.90 Å². The smallest absolute Gasteiger partial charge is 0.124 e. The molecule has 0 amide bonds. The van der Waals surface area contributed by atoms with E-state index in [9.17, 15) is 0 Å². The predicted octanol–water partition coefficient (Wildman–Crippen LogP) is 2.20. The van der Waals surface area contributed by atoms with Crippen LogP contribution in [-0.2, 0) is 13.0 Å². The highest BCUT2D eigenvalue weighted by Crippen LogP contribution is 2.30. The lowest BCUT2D eigenvalue weighted by Gasteiger charge is -2.32. The molecule has 0 aromatic heterocycles. The summed E-state index contributed by atoms with van der Waals surface area (Å²) in [5, 5.41) is 3.44. The number of hydrogen-bond acceptors (Lipinski definition) is 3. The number of rotatable bonds is 3. The SMILES string of the molecule is CN1CCCC1(C)COc1cccc2c1CNCC2. The van der Waals surface area contributed by atoms with Crippen LogP contribution in [0.15, 0.2) is 18.2 Å².